The average Bonchev–Trinajstić information content (AvgIpc) is 3.99. The molecule has 11 aromatic rings. The molecule has 0 amide bonds. The minimum atomic E-state index is -0.237. The molecule has 1 N–H and O–H groups in total. The first-order valence-electron chi connectivity index (χ1n) is 19.5. The van der Waals surface area contributed by atoms with Crippen LogP contribution < -0.4 is 10.2 Å². The summed E-state index contributed by atoms with van der Waals surface area (Å²) in [5, 5.41) is 9.87. The normalized spacial score (nSPS) is 13.9. The molecule has 0 aliphatic carbocycles. The van der Waals surface area contributed by atoms with Gasteiger partial charge in [0.05, 0.1) is 16.1 Å². The average molecular weight is 780 g/mol. The zero-order chi connectivity index (χ0) is 38.2. The lowest BCUT2D eigenvalue weighted by molar-refractivity contribution is 0.504. The predicted molar refractivity (Wildman–Crippen MR) is 246 cm³/mol. The maximum absolute atomic E-state index is 6.61. The first-order valence-corrected chi connectivity index (χ1v) is 21.1. The van der Waals surface area contributed by atoms with E-state index in [0.717, 1.165) is 56.3 Å². The Morgan fingerprint density at radius 2 is 1.19 bits per heavy atom. The SMILES string of the molecule is c1ccc(-c2cccc(C3NC(c4ccc5sc6cccc(N(c7ccccc7)c7cccc8c7sc7ccccc78)c6c5c4)=Nc4c3oc3ccccc43)c2)cc1. The molecule has 4 heterocycles. The molecule has 1 unspecified atom stereocenters. The van der Waals surface area contributed by atoms with Crippen LogP contribution in [0.25, 0.3) is 62.4 Å². The van der Waals surface area contributed by atoms with Crippen molar-refractivity contribution in [3.63, 3.8) is 0 Å². The zero-order valence-electron chi connectivity index (χ0n) is 31.1. The highest BCUT2D eigenvalue weighted by atomic mass is 32.1. The highest BCUT2D eigenvalue weighted by Crippen LogP contribution is 2.49. The molecule has 0 saturated carbocycles. The number of amidine groups is 1. The molecule has 4 nitrogen and oxygen atoms in total. The smallest absolute Gasteiger partial charge is 0.157 e. The van der Waals surface area contributed by atoms with E-state index in [1.807, 2.05) is 34.8 Å². The van der Waals surface area contributed by atoms with Crippen molar-refractivity contribution in [2.45, 2.75) is 6.04 Å². The maximum Gasteiger partial charge on any atom is 0.157 e. The number of thiophene rings is 2. The maximum atomic E-state index is 6.61. The molecule has 3 aromatic heterocycles. The summed E-state index contributed by atoms with van der Waals surface area (Å²) in [7, 11) is 0. The monoisotopic (exact) mass is 779 g/mol. The van der Waals surface area contributed by atoms with E-state index in [1.54, 1.807) is 0 Å². The number of furan rings is 1. The van der Waals surface area contributed by atoms with E-state index in [1.165, 1.54) is 51.6 Å². The molecule has 12 rings (SSSR count). The van der Waals surface area contributed by atoms with Crippen LogP contribution in [-0.2, 0) is 0 Å². The number of para-hydroxylation sites is 2. The first-order chi connectivity index (χ1) is 28.7. The fourth-order valence-electron chi connectivity index (χ4n) is 8.65. The van der Waals surface area contributed by atoms with Crippen LogP contribution >= 0.6 is 22.7 Å². The van der Waals surface area contributed by atoms with Gasteiger partial charge in [0.1, 0.15) is 23.1 Å². The Morgan fingerprint density at radius 3 is 2.09 bits per heavy atom. The molecule has 6 heteroatoms. The number of hydrogen-bond donors (Lipinski definition) is 1. The molecule has 0 radical (unpaired) electrons. The molecule has 1 aliphatic rings. The second kappa shape index (κ2) is 13.3. The van der Waals surface area contributed by atoms with Crippen molar-refractivity contribution in [2.75, 3.05) is 4.90 Å². The van der Waals surface area contributed by atoms with Crippen molar-refractivity contribution in [1.29, 1.82) is 0 Å². The zero-order valence-corrected chi connectivity index (χ0v) is 32.7. The van der Waals surface area contributed by atoms with Crippen molar-refractivity contribution in [3.8, 4) is 11.1 Å². The summed E-state index contributed by atoms with van der Waals surface area (Å²) in [4.78, 5) is 7.80. The van der Waals surface area contributed by atoms with Gasteiger partial charge in [0.15, 0.2) is 5.76 Å². The van der Waals surface area contributed by atoms with Crippen LogP contribution in [0, 0.1) is 0 Å². The van der Waals surface area contributed by atoms with Crippen LogP contribution in [-0.4, -0.2) is 5.84 Å². The third-order valence-corrected chi connectivity index (χ3v) is 13.7. The lowest BCUT2D eigenvalue weighted by atomic mass is 9.96. The molecule has 58 heavy (non-hydrogen) atoms. The summed E-state index contributed by atoms with van der Waals surface area (Å²) in [5.74, 6) is 1.65. The minimum Gasteiger partial charge on any atom is -0.456 e. The van der Waals surface area contributed by atoms with Crippen molar-refractivity contribution in [3.05, 3.63) is 205 Å². The molecular formula is C52H33N3OS2. The Labute approximate surface area is 342 Å². The number of aliphatic imine (C=N–C) groups is 1. The number of anilines is 3. The number of rotatable bonds is 6. The number of nitrogens with zero attached hydrogens (tertiary/aromatic N) is 2. The van der Waals surface area contributed by atoms with Gasteiger partial charge >= 0.3 is 0 Å². The van der Waals surface area contributed by atoms with Crippen LogP contribution in [0.1, 0.15) is 22.9 Å². The van der Waals surface area contributed by atoms with Gasteiger partial charge in [0, 0.05) is 52.3 Å². The predicted octanol–water partition coefficient (Wildman–Crippen LogP) is 15.1. The van der Waals surface area contributed by atoms with Gasteiger partial charge in [-0.25, -0.2) is 4.99 Å². The number of nitrogens with one attached hydrogen (secondary N) is 1. The fraction of sp³-hybridized carbons (Fsp3) is 0.0192. The molecule has 8 aromatic carbocycles. The molecule has 0 fully saturated rings. The Kier molecular flexibility index (Phi) is 7.61. The molecule has 0 spiro atoms. The van der Waals surface area contributed by atoms with Crippen LogP contribution in [0.15, 0.2) is 197 Å². The Bertz CT molecular complexity index is 3400. The van der Waals surface area contributed by atoms with E-state index < -0.39 is 0 Å². The highest BCUT2D eigenvalue weighted by Gasteiger charge is 2.31. The van der Waals surface area contributed by atoms with E-state index in [0.29, 0.717) is 0 Å². The van der Waals surface area contributed by atoms with Gasteiger partial charge in [-0.3, -0.25) is 0 Å². The number of fused-ring (bicyclic) bond motifs is 9. The molecule has 1 atom stereocenters. The van der Waals surface area contributed by atoms with E-state index >= 15 is 0 Å². The van der Waals surface area contributed by atoms with Crippen LogP contribution in [0.2, 0.25) is 0 Å². The summed E-state index contributed by atoms with van der Waals surface area (Å²) in [5.41, 5.74) is 9.64. The third-order valence-electron chi connectivity index (χ3n) is 11.3. The topological polar surface area (TPSA) is 40.8 Å². The van der Waals surface area contributed by atoms with E-state index in [9.17, 15) is 0 Å². The van der Waals surface area contributed by atoms with Crippen molar-refractivity contribution >= 4 is 103 Å². The summed E-state index contributed by atoms with van der Waals surface area (Å²) in [6, 6.07) is 67.0. The Balaban J connectivity index is 1.04. The quantitative estimate of drug-likeness (QED) is 0.183. The highest BCUT2D eigenvalue weighted by molar-refractivity contribution is 7.26. The van der Waals surface area contributed by atoms with Gasteiger partial charge in [0.2, 0.25) is 0 Å². The molecule has 0 bridgehead atoms. The largest absolute Gasteiger partial charge is 0.456 e. The van der Waals surface area contributed by atoms with Crippen LogP contribution in [0.5, 0.6) is 0 Å². The summed E-state index contributed by atoms with van der Waals surface area (Å²) >= 11 is 3.70. The van der Waals surface area contributed by atoms with Crippen molar-refractivity contribution in [2.24, 2.45) is 4.99 Å². The second-order valence-corrected chi connectivity index (χ2v) is 16.9. The van der Waals surface area contributed by atoms with Gasteiger partial charge in [-0.2, -0.15) is 0 Å². The molecule has 274 valence electrons. The lowest BCUT2D eigenvalue weighted by Gasteiger charge is -2.27. The fourth-order valence-corrected chi connectivity index (χ4v) is 11.0. The second-order valence-electron chi connectivity index (χ2n) is 14.7. The third kappa shape index (κ3) is 5.30. The van der Waals surface area contributed by atoms with Gasteiger partial charge in [-0.05, 0) is 89.5 Å². The van der Waals surface area contributed by atoms with E-state index in [4.69, 9.17) is 9.41 Å². The van der Waals surface area contributed by atoms with Crippen LogP contribution in [0.3, 0.4) is 0 Å². The minimum absolute atomic E-state index is 0.237. The van der Waals surface area contributed by atoms with Crippen LogP contribution in [0.4, 0.5) is 22.7 Å². The van der Waals surface area contributed by atoms with Crippen molar-refractivity contribution < 1.29 is 4.42 Å². The summed E-state index contributed by atoms with van der Waals surface area (Å²) in [6.07, 6.45) is 0. The number of benzene rings is 8. The van der Waals surface area contributed by atoms with E-state index in [2.05, 4.69) is 186 Å². The lowest BCUT2D eigenvalue weighted by Crippen LogP contribution is -2.32. The molecule has 1 aliphatic heterocycles. The van der Waals surface area contributed by atoms with Crippen molar-refractivity contribution in [1.82, 2.24) is 5.32 Å². The van der Waals surface area contributed by atoms with Gasteiger partial charge < -0.3 is 14.6 Å². The summed E-state index contributed by atoms with van der Waals surface area (Å²) in [6.45, 7) is 0. The Morgan fingerprint density at radius 1 is 0.500 bits per heavy atom. The first kappa shape index (κ1) is 33.2. The molecular weight excluding hydrogens is 747 g/mol. The van der Waals surface area contributed by atoms with Gasteiger partial charge in [-0.1, -0.05) is 115 Å². The Hall–Kier alpha value is -6.99. The van der Waals surface area contributed by atoms with E-state index in [-0.39, 0.29) is 6.04 Å². The van der Waals surface area contributed by atoms with Gasteiger partial charge in [-0.15, -0.1) is 22.7 Å². The standard InChI is InChI=1S/C52H33N3OS2/c1-3-14-32(15-4-1)33-16-11-17-34(30-33)48-50-49(39-21-7-9-25-43(39)56-50)54-52(53-48)35-28-29-45-40(31-35)47-41(23-13-27-46(47)57-45)55(36-18-5-2-6-19-36)42-24-12-22-38-37-20-8-10-26-44(37)58-51(38)42/h1-31,48H,(H,53,54). The summed E-state index contributed by atoms with van der Waals surface area (Å²) < 4.78 is 11.6. The van der Waals surface area contributed by atoms with Gasteiger partial charge in [0.25, 0.3) is 0 Å². The molecule has 0 saturated heterocycles. The number of hydrogen-bond acceptors (Lipinski definition) is 6.